The van der Waals surface area contributed by atoms with E-state index in [1.165, 1.54) is 32.1 Å². The summed E-state index contributed by atoms with van der Waals surface area (Å²) >= 11 is 0. The summed E-state index contributed by atoms with van der Waals surface area (Å²) in [7, 11) is 0. The highest BCUT2D eigenvalue weighted by molar-refractivity contribution is 6.04. The van der Waals surface area contributed by atoms with Crippen molar-refractivity contribution in [1.29, 1.82) is 0 Å². The molecule has 0 atom stereocenters. The zero-order valence-electron chi connectivity index (χ0n) is 20.5. The number of oxime groups is 1. The summed E-state index contributed by atoms with van der Waals surface area (Å²) in [5, 5.41) is 12.7. The Morgan fingerprint density at radius 2 is 1.75 bits per heavy atom. The lowest BCUT2D eigenvalue weighted by Gasteiger charge is -2.40. The van der Waals surface area contributed by atoms with Gasteiger partial charge in [-0.2, -0.15) is 0 Å². The summed E-state index contributed by atoms with van der Waals surface area (Å²) in [6.07, 6.45) is 11.6. The maximum atomic E-state index is 13.5. The molecule has 1 aromatic carbocycles. The minimum atomic E-state index is -0.0456. The van der Waals surface area contributed by atoms with Gasteiger partial charge in [0.15, 0.2) is 5.82 Å². The van der Waals surface area contributed by atoms with Crippen LogP contribution in [0.3, 0.4) is 0 Å². The fourth-order valence-electron chi connectivity index (χ4n) is 6.02. The highest BCUT2D eigenvalue weighted by Crippen LogP contribution is 2.34. The highest BCUT2D eigenvalue weighted by atomic mass is 16.4. The first-order chi connectivity index (χ1) is 17.7. The maximum Gasteiger partial charge on any atom is 0.289 e. The molecule has 0 bridgehead atoms. The predicted molar refractivity (Wildman–Crippen MR) is 138 cm³/mol. The molecule has 2 aliphatic carbocycles. The average Bonchev–Trinajstić information content (AvgIpc) is 3.58. The van der Waals surface area contributed by atoms with Gasteiger partial charge in [0.2, 0.25) is 0 Å². The van der Waals surface area contributed by atoms with Crippen LogP contribution in [0.15, 0.2) is 47.9 Å². The van der Waals surface area contributed by atoms with Crippen molar-refractivity contribution in [3.8, 4) is 22.5 Å². The first-order valence-electron chi connectivity index (χ1n) is 13.1. The van der Waals surface area contributed by atoms with Crippen molar-refractivity contribution < 1.29 is 10.0 Å². The topological polar surface area (TPSA) is 97.7 Å². The van der Waals surface area contributed by atoms with E-state index in [-0.39, 0.29) is 5.91 Å². The second kappa shape index (κ2) is 9.85. The van der Waals surface area contributed by atoms with Gasteiger partial charge in [-0.15, -0.1) is 0 Å². The number of amides is 1. The van der Waals surface area contributed by atoms with Crippen molar-refractivity contribution in [1.82, 2.24) is 24.8 Å². The smallest absolute Gasteiger partial charge is 0.289 e. The van der Waals surface area contributed by atoms with E-state index in [0.29, 0.717) is 11.9 Å². The first-order valence-corrected chi connectivity index (χ1v) is 13.1. The molecule has 1 amide bonds. The van der Waals surface area contributed by atoms with Crippen LogP contribution < -0.4 is 0 Å². The maximum absolute atomic E-state index is 13.5. The van der Waals surface area contributed by atoms with Gasteiger partial charge in [0.25, 0.3) is 5.91 Å². The number of fused-ring (bicyclic) bond motifs is 1. The summed E-state index contributed by atoms with van der Waals surface area (Å²) in [4.78, 5) is 30.4. The van der Waals surface area contributed by atoms with E-state index >= 15 is 0 Å². The largest absolute Gasteiger partial charge is 0.411 e. The second-order valence-corrected chi connectivity index (χ2v) is 10.1. The third kappa shape index (κ3) is 4.30. The highest BCUT2D eigenvalue weighted by Gasteiger charge is 2.30. The van der Waals surface area contributed by atoms with Crippen LogP contribution in [0.4, 0.5) is 0 Å². The van der Waals surface area contributed by atoms with Gasteiger partial charge in [0, 0.05) is 61.3 Å². The molecule has 0 unspecified atom stereocenters. The Balaban J connectivity index is 1.27. The van der Waals surface area contributed by atoms with Crippen LogP contribution in [0.5, 0.6) is 0 Å². The van der Waals surface area contributed by atoms with Gasteiger partial charge in [0.05, 0.1) is 17.1 Å². The first kappa shape index (κ1) is 22.9. The minimum Gasteiger partial charge on any atom is -0.411 e. The Bertz CT molecular complexity index is 1270. The number of pyridine rings is 1. The van der Waals surface area contributed by atoms with Gasteiger partial charge >= 0.3 is 0 Å². The number of imidazole rings is 1. The summed E-state index contributed by atoms with van der Waals surface area (Å²) < 4.78 is 0. The number of nitrogens with zero attached hydrogens (tertiary/aromatic N) is 5. The molecule has 3 aliphatic rings. The molecule has 3 aromatic rings. The number of carbonyl (C=O) groups excluding carboxylic acids is 1. The van der Waals surface area contributed by atoms with Crippen molar-refractivity contribution in [3.63, 3.8) is 0 Å². The number of hydrogen-bond acceptors (Lipinski definition) is 6. The molecule has 2 aromatic heterocycles. The van der Waals surface area contributed by atoms with Crippen LogP contribution >= 0.6 is 0 Å². The molecule has 6 rings (SSSR count). The van der Waals surface area contributed by atoms with Gasteiger partial charge < -0.3 is 15.1 Å². The predicted octanol–water partition coefficient (Wildman–Crippen LogP) is 4.35. The van der Waals surface area contributed by atoms with Crippen LogP contribution in [-0.4, -0.2) is 73.8 Å². The molecular formula is C28H32N6O2. The molecule has 1 saturated heterocycles. The average molecular weight is 485 g/mol. The Hall–Kier alpha value is -3.52. The molecular weight excluding hydrogens is 452 g/mol. The number of aryl methyl sites for hydroxylation is 1. The monoisotopic (exact) mass is 484 g/mol. The Kier molecular flexibility index (Phi) is 6.27. The number of nitrogens with one attached hydrogen (secondary N) is 1. The molecule has 8 nitrogen and oxygen atoms in total. The van der Waals surface area contributed by atoms with E-state index in [2.05, 4.69) is 26.1 Å². The molecule has 2 fully saturated rings. The van der Waals surface area contributed by atoms with Crippen molar-refractivity contribution in [2.24, 2.45) is 5.16 Å². The zero-order valence-corrected chi connectivity index (χ0v) is 20.5. The van der Waals surface area contributed by atoms with Crippen molar-refractivity contribution in [2.45, 2.75) is 51.0 Å². The van der Waals surface area contributed by atoms with Crippen LogP contribution in [0, 0.1) is 0 Å². The summed E-state index contributed by atoms with van der Waals surface area (Å²) in [6, 6.07) is 10.6. The van der Waals surface area contributed by atoms with Gasteiger partial charge in [-0.1, -0.05) is 36.6 Å². The lowest BCUT2D eigenvalue weighted by molar-refractivity contribution is 0.0514. The van der Waals surface area contributed by atoms with Gasteiger partial charge in [-0.3, -0.25) is 14.7 Å². The van der Waals surface area contributed by atoms with Gasteiger partial charge in [-0.05, 0) is 49.4 Å². The van der Waals surface area contributed by atoms with Crippen LogP contribution in [0.25, 0.3) is 22.5 Å². The number of benzene rings is 1. The van der Waals surface area contributed by atoms with E-state index in [1.54, 1.807) is 12.4 Å². The number of carbonyl (C=O) groups is 1. The number of aromatic amines is 1. The molecule has 0 radical (unpaired) electrons. The molecule has 3 heterocycles. The van der Waals surface area contributed by atoms with Gasteiger partial charge in [0.1, 0.15) is 0 Å². The standard InChI is InChI=1S/C28H32N6O2/c35-28(34-16-14-33(15-17-34)22-4-2-1-3-5-22)27-30-25(19-10-12-29-13-11-19)26(31-27)21-6-8-23-20(18-21)7-9-24(23)32-36/h6,8,10-13,18,22,36H,1-5,7,9,14-17H2,(H,30,31)/b32-24+. The number of rotatable bonds is 4. The summed E-state index contributed by atoms with van der Waals surface area (Å²) in [5.74, 6) is 0.330. The van der Waals surface area contributed by atoms with E-state index in [9.17, 15) is 10.0 Å². The summed E-state index contributed by atoms with van der Waals surface area (Å²) in [6.45, 7) is 3.33. The molecule has 1 saturated carbocycles. The minimum absolute atomic E-state index is 0.0456. The second-order valence-electron chi connectivity index (χ2n) is 10.1. The number of aromatic nitrogens is 3. The third-order valence-corrected chi connectivity index (χ3v) is 8.01. The molecule has 8 heteroatoms. The molecule has 1 aliphatic heterocycles. The number of H-pyrrole nitrogens is 1. The fraction of sp³-hybridized carbons (Fsp3) is 0.429. The Morgan fingerprint density at radius 3 is 2.50 bits per heavy atom. The normalized spacial score (nSPS) is 20.1. The molecule has 0 spiro atoms. The fourth-order valence-corrected chi connectivity index (χ4v) is 6.02. The van der Waals surface area contributed by atoms with Gasteiger partial charge in [-0.25, -0.2) is 4.98 Å². The molecule has 2 N–H and O–H groups in total. The summed E-state index contributed by atoms with van der Waals surface area (Å²) in [5.41, 5.74) is 6.28. The Labute approximate surface area is 211 Å². The van der Waals surface area contributed by atoms with Crippen LogP contribution in [-0.2, 0) is 6.42 Å². The van der Waals surface area contributed by atoms with E-state index < -0.39 is 0 Å². The van der Waals surface area contributed by atoms with Crippen LogP contribution in [0.2, 0.25) is 0 Å². The molecule has 36 heavy (non-hydrogen) atoms. The van der Waals surface area contributed by atoms with Crippen molar-refractivity contribution in [3.05, 3.63) is 59.7 Å². The van der Waals surface area contributed by atoms with E-state index in [0.717, 1.165) is 78.4 Å². The third-order valence-electron chi connectivity index (χ3n) is 8.01. The lowest BCUT2D eigenvalue weighted by Crippen LogP contribution is -2.52. The SMILES string of the molecule is O=C(c1nc(-c2ccc3c(c2)CC/C3=N\O)c(-c2ccncc2)[nH]1)N1CCN(C2CCCCC2)CC1. The van der Waals surface area contributed by atoms with Crippen LogP contribution in [0.1, 0.15) is 60.3 Å². The van der Waals surface area contributed by atoms with E-state index in [4.69, 9.17) is 4.98 Å². The molecule has 186 valence electrons. The number of piperazine rings is 1. The van der Waals surface area contributed by atoms with Crippen molar-refractivity contribution >= 4 is 11.6 Å². The van der Waals surface area contributed by atoms with E-state index in [1.807, 2.05) is 29.2 Å². The number of hydrogen-bond donors (Lipinski definition) is 2. The zero-order chi connectivity index (χ0) is 24.5. The van der Waals surface area contributed by atoms with Crippen molar-refractivity contribution in [2.75, 3.05) is 26.2 Å². The lowest BCUT2D eigenvalue weighted by atomic mass is 9.94. The Morgan fingerprint density at radius 1 is 0.972 bits per heavy atom. The quantitative estimate of drug-likeness (QED) is 0.424.